The summed E-state index contributed by atoms with van der Waals surface area (Å²) in [4.78, 5) is 24.5. The van der Waals surface area contributed by atoms with Crippen LogP contribution in [0.15, 0.2) is 18.2 Å². The molecule has 0 aromatic heterocycles. The molecule has 1 aliphatic heterocycles. The van der Waals surface area contributed by atoms with E-state index in [0.717, 1.165) is 19.4 Å². The smallest absolute Gasteiger partial charge is 0.342 e. The molecule has 1 saturated heterocycles. The molecule has 23 heavy (non-hydrogen) atoms. The maximum atomic E-state index is 12.4. The Labute approximate surface area is 150 Å². The molecule has 0 saturated carbocycles. The van der Waals surface area contributed by atoms with E-state index < -0.39 is 5.97 Å². The van der Waals surface area contributed by atoms with Crippen LogP contribution in [0.1, 0.15) is 37.0 Å². The zero-order valence-corrected chi connectivity index (χ0v) is 15.2. The Balaban J connectivity index is 2.01. The van der Waals surface area contributed by atoms with Crippen molar-refractivity contribution in [3.05, 3.63) is 33.8 Å². The highest BCUT2D eigenvalue weighted by Crippen LogP contribution is 2.32. The van der Waals surface area contributed by atoms with E-state index in [2.05, 4.69) is 0 Å². The normalized spacial score (nSPS) is 18.5. The first kappa shape index (κ1) is 18.4. The molecule has 0 aliphatic carbocycles. The van der Waals surface area contributed by atoms with Crippen LogP contribution in [0.25, 0.3) is 0 Å². The topological polar surface area (TPSA) is 49.9 Å². The molecule has 1 aliphatic rings. The van der Waals surface area contributed by atoms with Gasteiger partial charge < -0.3 is 4.74 Å². The summed E-state index contributed by atoms with van der Waals surface area (Å²) in [6.07, 6.45) is 1.69. The summed E-state index contributed by atoms with van der Waals surface area (Å²) < 4.78 is 8.65. The standard InChI is InChI=1S/C15H18Cl2N2O3S/c1-3-6-12-14(20)19(23-18(12)4-2)9-22-15(21)13-10(16)7-5-8-11(13)17/h5,7-8,12H,3-4,6,9H2,1-2H3. The fraction of sp³-hybridized carbons (Fsp3) is 0.467. The number of carbonyl (C=O) groups excluding carboxylic acids is 2. The van der Waals surface area contributed by atoms with E-state index in [1.54, 1.807) is 18.2 Å². The predicted molar refractivity (Wildman–Crippen MR) is 92.3 cm³/mol. The molecule has 1 heterocycles. The van der Waals surface area contributed by atoms with Gasteiger partial charge in [0, 0.05) is 18.7 Å². The number of nitrogens with zero attached hydrogens (tertiary/aromatic N) is 2. The lowest BCUT2D eigenvalue weighted by molar-refractivity contribution is -0.130. The SMILES string of the molecule is CCCC1C(=O)N(COC(=O)c2c(Cl)cccc2Cl)SN1CC. The van der Waals surface area contributed by atoms with Gasteiger partial charge in [0.15, 0.2) is 6.73 Å². The van der Waals surface area contributed by atoms with Gasteiger partial charge in [0.05, 0.1) is 15.6 Å². The molecule has 1 fully saturated rings. The molecule has 5 nitrogen and oxygen atoms in total. The van der Waals surface area contributed by atoms with Crippen LogP contribution >= 0.6 is 35.3 Å². The zero-order chi connectivity index (χ0) is 17.0. The van der Waals surface area contributed by atoms with Gasteiger partial charge in [-0.25, -0.2) is 13.4 Å². The minimum Gasteiger partial charge on any atom is -0.440 e. The minimum atomic E-state index is -0.643. The van der Waals surface area contributed by atoms with Crippen molar-refractivity contribution < 1.29 is 14.3 Å². The van der Waals surface area contributed by atoms with Crippen molar-refractivity contribution in [2.75, 3.05) is 13.3 Å². The van der Waals surface area contributed by atoms with Gasteiger partial charge in [-0.1, -0.05) is 49.5 Å². The monoisotopic (exact) mass is 376 g/mol. The first-order chi connectivity index (χ1) is 11.0. The highest BCUT2D eigenvalue weighted by atomic mass is 35.5. The molecule has 0 bridgehead atoms. The molecule has 8 heteroatoms. The molecule has 0 radical (unpaired) electrons. The fourth-order valence-corrected chi connectivity index (χ4v) is 3.83. The molecular weight excluding hydrogens is 359 g/mol. The van der Waals surface area contributed by atoms with E-state index in [-0.39, 0.29) is 34.3 Å². The number of esters is 1. The molecule has 0 N–H and O–H groups in total. The van der Waals surface area contributed by atoms with Crippen molar-refractivity contribution in [2.45, 2.75) is 32.7 Å². The molecule has 1 aromatic rings. The number of halogens is 2. The fourth-order valence-electron chi connectivity index (χ4n) is 2.30. The molecular formula is C15H18Cl2N2O3S. The van der Waals surface area contributed by atoms with Crippen molar-refractivity contribution in [2.24, 2.45) is 0 Å². The van der Waals surface area contributed by atoms with Gasteiger partial charge in [-0.05, 0) is 18.6 Å². The maximum absolute atomic E-state index is 12.4. The van der Waals surface area contributed by atoms with E-state index >= 15 is 0 Å². The highest BCUT2D eigenvalue weighted by Gasteiger charge is 2.38. The van der Waals surface area contributed by atoms with Crippen molar-refractivity contribution in [1.82, 2.24) is 8.61 Å². The van der Waals surface area contributed by atoms with Gasteiger partial charge >= 0.3 is 5.97 Å². The largest absolute Gasteiger partial charge is 0.440 e. The van der Waals surface area contributed by atoms with Gasteiger partial charge in [0.2, 0.25) is 0 Å². The van der Waals surface area contributed by atoms with Crippen LogP contribution in [0.5, 0.6) is 0 Å². The van der Waals surface area contributed by atoms with Crippen LogP contribution in [0.4, 0.5) is 0 Å². The number of rotatable bonds is 6. The molecule has 126 valence electrons. The molecule has 0 spiro atoms. The maximum Gasteiger partial charge on any atom is 0.342 e. The van der Waals surface area contributed by atoms with Crippen molar-refractivity contribution in [3.8, 4) is 0 Å². The average Bonchev–Trinajstić information content (AvgIpc) is 2.82. The Morgan fingerprint density at radius 1 is 1.30 bits per heavy atom. The summed E-state index contributed by atoms with van der Waals surface area (Å²) in [5.41, 5.74) is 0.116. The van der Waals surface area contributed by atoms with Crippen LogP contribution in [0.2, 0.25) is 10.0 Å². The molecule has 1 unspecified atom stereocenters. The van der Waals surface area contributed by atoms with Crippen LogP contribution in [-0.4, -0.2) is 39.8 Å². The van der Waals surface area contributed by atoms with Gasteiger partial charge in [0.1, 0.15) is 6.04 Å². The quantitative estimate of drug-likeness (QED) is 0.554. The van der Waals surface area contributed by atoms with E-state index in [1.165, 1.54) is 16.4 Å². The minimum absolute atomic E-state index is 0.0447. The molecule has 1 amide bonds. The second kappa shape index (κ2) is 8.24. The third kappa shape index (κ3) is 4.12. The summed E-state index contributed by atoms with van der Waals surface area (Å²) in [7, 11) is 0. The van der Waals surface area contributed by atoms with Gasteiger partial charge in [-0.2, -0.15) is 0 Å². The predicted octanol–water partition coefficient (Wildman–Crippen LogP) is 4.00. The summed E-state index contributed by atoms with van der Waals surface area (Å²) in [5.74, 6) is -0.687. The summed E-state index contributed by atoms with van der Waals surface area (Å²) >= 11 is 13.2. The van der Waals surface area contributed by atoms with Crippen molar-refractivity contribution in [1.29, 1.82) is 0 Å². The molecule has 2 rings (SSSR count). The van der Waals surface area contributed by atoms with E-state index in [0.29, 0.717) is 0 Å². The second-order valence-corrected chi connectivity index (χ2v) is 6.88. The Kier molecular flexibility index (Phi) is 6.59. The number of hydrogen-bond acceptors (Lipinski definition) is 5. The lowest BCUT2D eigenvalue weighted by atomic mass is 10.1. The lowest BCUT2D eigenvalue weighted by Gasteiger charge is -2.16. The van der Waals surface area contributed by atoms with E-state index in [4.69, 9.17) is 27.9 Å². The summed E-state index contributed by atoms with van der Waals surface area (Å²) in [5, 5.41) is 0.448. The molecule has 1 aromatic carbocycles. The van der Waals surface area contributed by atoms with E-state index in [1.807, 2.05) is 18.2 Å². The number of carbonyl (C=O) groups is 2. The first-order valence-electron chi connectivity index (χ1n) is 7.36. The average molecular weight is 377 g/mol. The summed E-state index contributed by atoms with van der Waals surface area (Å²) in [6.45, 7) is 4.62. The van der Waals surface area contributed by atoms with Crippen LogP contribution in [0.3, 0.4) is 0 Å². The van der Waals surface area contributed by atoms with Crippen molar-refractivity contribution >= 4 is 47.2 Å². The Bertz CT molecular complexity index is 580. The van der Waals surface area contributed by atoms with Crippen molar-refractivity contribution in [3.63, 3.8) is 0 Å². The Morgan fingerprint density at radius 2 is 1.96 bits per heavy atom. The lowest BCUT2D eigenvalue weighted by Crippen LogP contribution is -2.33. The summed E-state index contributed by atoms with van der Waals surface area (Å²) in [6, 6.07) is 4.61. The van der Waals surface area contributed by atoms with Crippen LogP contribution in [-0.2, 0) is 9.53 Å². The zero-order valence-electron chi connectivity index (χ0n) is 12.9. The Morgan fingerprint density at radius 3 is 2.52 bits per heavy atom. The van der Waals surface area contributed by atoms with Gasteiger partial charge in [0.25, 0.3) is 5.91 Å². The third-order valence-electron chi connectivity index (χ3n) is 3.44. The second-order valence-electron chi connectivity index (χ2n) is 4.99. The van der Waals surface area contributed by atoms with Gasteiger partial charge in [-0.3, -0.25) is 4.79 Å². The number of ether oxygens (including phenoxy) is 1. The van der Waals surface area contributed by atoms with Gasteiger partial charge in [-0.15, -0.1) is 0 Å². The number of benzene rings is 1. The first-order valence-corrected chi connectivity index (χ1v) is 8.85. The molecule has 1 atom stereocenters. The van der Waals surface area contributed by atoms with Crippen LogP contribution in [0, 0.1) is 0 Å². The Hall–Kier alpha value is -0.950. The number of amides is 1. The number of likely N-dealkylation sites (N-methyl/N-ethyl adjacent to an activating group) is 1. The number of hydrogen-bond donors (Lipinski definition) is 0. The van der Waals surface area contributed by atoms with Crippen LogP contribution < -0.4 is 0 Å². The third-order valence-corrected chi connectivity index (χ3v) is 5.27. The van der Waals surface area contributed by atoms with E-state index in [9.17, 15) is 9.59 Å². The highest BCUT2D eigenvalue weighted by molar-refractivity contribution is 7.95.